The molecule has 162 valence electrons. The topological polar surface area (TPSA) is 105 Å². The van der Waals surface area contributed by atoms with Crippen LogP contribution in [0.15, 0.2) is 0 Å². The summed E-state index contributed by atoms with van der Waals surface area (Å²) in [6, 6.07) is 0. The first-order chi connectivity index (χ1) is 12.0. The Balaban J connectivity index is -0.000000144. The van der Waals surface area contributed by atoms with Crippen molar-refractivity contribution in [2.24, 2.45) is 26.6 Å². The van der Waals surface area contributed by atoms with Crippen LogP contribution in [-0.2, 0) is 16.6 Å². The van der Waals surface area contributed by atoms with Gasteiger partial charge in [0, 0.05) is 0 Å². The van der Waals surface area contributed by atoms with Crippen molar-refractivity contribution < 1.29 is 16.6 Å². The molecule has 0 aliphatic rings. The van der Waals surface area contributed by atoms with Crippen molar-refractivity contribution in [3.8, 4) is 0 Å². The van der Waals surface area contributed by atoms with Gasteiger partial charge in [0.1, 0.15) is 11.6 Å². The van der Waals surface area contributed by atoms with Gasteiger partial charge in [-0.15, -0.1) is 0 Å². The molecule has 10 heteroatoms. The van der Waals surface area contributed by atoms with Crippen molar-refractivity contribution in [3.63, 3.8) is 0 Å². The van der Waals surface area contributed by atoms with E-state index in [4.69, 9.17) is 15.9 Å². The van der Waals surface area contributed by atoms with E-state index in [9.17, 15) is 9.59 Å². The fraction of sp³-hybridized carbons (Fsp3) is 0.882. The summed E-state index contributed by atoms with van der Waals surface area (Å²) in [7, 11) is 0. The zero-order valence-electron chi connectivity index (χ0n) is 18.7. The monoisotopic (exact) mass is 728 g/mol. The molecule has 0 unspecified atom stereocenters. The summed E-state index contributed by atoms with van der Waals surface area (Å²) in [6.07, 6.45) is 0.363. The third-order valence-corrected chi connectivity index (χ3v) is 7.86. The number of Topliss-reactive ketones (excluding diaryl/α,β-unsaturated/α-hetero) is 2. The molecule has 0 aliphatic heterocycles. The second kappa shape index (κ2) is 24.2. The van der Waals surface area contributed by atoms with Crippen LogP contribution in [0.4, 0.5) is 0 Å². The number of rotatable bonds is 7. The molecule has 0 bridgehead atoms. The summed E-state index contributed by atoms with van der Waals surface area (Å²) in [4.78, 5) is 18.9. The molecule has 0 aliphatic carbocycles. The molecule has 4 N–H and O–H groups in total. The third-order valence-electron chi connectivity index (χ3n) is 2.19. The predicted octanol–water partition coefficient (Wildman–Crippen LogP) is 4.29. The van der Waals surface area contributed by atoms with Gasteiger partial charge in [-0.25, -0.2) is 0 Å². The predicted molar refractivity (Wildman–Crippen MR) is 136 cm³/mol. The van der Waals surface area contributed by atoms with E-state index in [0.29, 0.717) is 23.9 Å². The van der Waals surface area contributed by atoms with E-state index in [1.807, 2.05) is 0 Å². The number of halogens is 2. The van der Waals surface area contributed by atoms with E-state index in [2.05, 4.69) is 80.9 Å². The average Bonchev–Trinajstić information content (AvgIpc) is 2.41. The summed E-state index contributed by atoms with van der Waals surface area (Å²) in [5.74, 6) is 2.13. The van der Waals surface area contributed by atoms with E-state index in [-0.39, 0.29) is 11.6 Å². The Morgan fingerprint density at radius 1 is 0.815 bits per heavy atom. The Morgan fingerprint density at radius 3 is 1.19 bits per heavy atom. The average molecular weight is 730 g/mol. The van der Waals surface area contributed by atoms with Crippen LogP contribution in [0.25, 0.3) is 0 Å². The van der Waals surface area contributed by atoms with Crippen LogP contribution in [0.5, 0.6) is 0 Å². The van der Waals surface area contributed by atoms with E-state index in [0.717, 1.165) is 6.61 Å². The van der Waals surface area contributed by atoms with E-state index < -0.39 is 26.6 Å². The molecule has 0 saturated heterocycles. The fourth-order valence-electron chi connectivity index (χ4n) is 1.52. The van der Waals surface area contributed by atoms with Crippen molar-refractivity contribution in [1.82, 2.24) is 0 Å². The summed E-state index contributed by atoms with van der Waals surface area (Å²) >= 11 is 1.05. The number of nitrogens with two attached hydrogens (primary N) is 2. The molecule has 27 heavy (non-hydrogen) atoms. The summed E-state index contributed by atoms with van der Waals surface area (Å²) in [5.41, 5.74) is 0. The molecule has 0 amide bonds. The van der Waals surface area contributed by atoms with Gasteiger partial charge in [-0.3, -0.25) is 0 Å². The van der Waals surface area contributed by atoms with Crippen LogP contribution >= 0.6 is 39.3 Å². The molecule has 0 atom stereocenters. The first-order valence-electron chi connectivity index (χ1n) is 9.05. The molecule has 0 aromatic rings. The SMILES string of the molecule is CC(C)=O.CC(C)=O.CC(C)C([O][Ga]([NH2])[I])C(C)C.CC(C)C[O][Ga]([NH2])[I]. The number of carbonyl (C=O) groups is 2. The van der Waals surface area contributed by atoms with Crippen LogP contribution in [0, 0.1) is 17.8 Å². The minimum absolute atomic E-state index is 0.167. The molecule has 0 spiro atoms. The number of hydrogen-bond acceptors (Lipinski definition) is 6. The molecule has 6 nitrogen and oxygen atoms in total. The van der Waals surface area contributed by atoms with Crippen molar-refractivity contribution >= 4 is 77.5 Å². The van der Waals surface area contributed by atoms with E-state index in [1.54, 1.807) is 0 Å². The molecule has 0 aromatic carbocycles. The Kier molecular flexibility index (Phi) is 32.5. The van der Waals surface area contributed by atoms with Crippen molar-refractivity contribution in [3.05, 3.63) is 0 Å². The van der Waals surface area contributed by atoms with Crippen LogP contribution in [-0.4, -0.2) is 50.8 Å². The van der Waals surface area contributed by atoms with Gasteiger partial charge in [-0.1, -0.05) is 0 Å². The molecule has 0 rings (SSSR count). The third kappa shape index (κ3) is 52.4. The molecule has 0 radical (unpaired) electrons. The maximum absolute atomic E-state index is 9.44. The maximum atomic E-state index is 9.44. The Labute approximate surface area is 200 Å². The van der Waals surface area contributed by atoms with Gasteiger partial charge in [0.05, 0.1) is 0 Å². The van der Waals surface area contributed by atoms with E-state index in [1.165, 1.54) is 27.7 Å². The second-order valence-electron chi connectivity index (χ2n) is 7.33. The quantitative estimate of drug-likeness (QED) is 0.300. The molecular weight excluding hydrogens is 689 g/mol. The molecule has 0 aromatic heterocycles. The van der Waals surface area contributed by atoms with Crippen molar-refractivity contribution in [2.45, 2.75) is 75.3 Å². The number of carbonyl (C=O) groups excluding carboxylic acids is 2. The van der Waals surface area contributed by atoms with Crippen LogP contribution in [0.3, 0.4) is 0 Å². The zero-order valence-corrected chi connectivity index (χ0v) is 27.9. The molecule has 0 saturated carbocycles. The summed E-state index contributed by atoms with van der Waals surface area (Å²) in [6.45, 7) is 19.9. The molecule has 0 fully saturated rings. The Morgan fingerprint density at radius 2 is 1.11 bits per heavy atom. The summed E-state index contributed by atoms with van der Waals surface area (Å²) in [5, 5.41) is 0. The van der Waals surface area contributed by atoms with E-state index >= 15 is 0 Å². The zero-order chi connectivity index (χ0) is 22.7. The van der Waals surface area contributed by atoms with Gasteiger partial charge in [0.2, 0.25) is 0 Å². The van der Waals surface area contributed by atoms with Crippen LogP contribution in [0.2, 0.25) is 0 Å². The van der Waals surface area contributed by atoms with Gasteiger partial charge >= 0.3 is 154 Å². The normalized spacial score (nSPS) is 9.70. The number of hydrogen-bond donors (Lipinski definition) is 2. The summed E-state index contributed by atoms with van der Waals surface area (Å²) < 4.78 is 22.2. The van der Waals surface area contributed by atoms with Crippen LogP contribution in [0.1, 0.15) is 69.2 Å². The van der Waals surface area contributed by atoms with Crippen LogP contribution < -0.4 is 8.88 Å². The van der Waals surface area contributed by atoms with Gasteiger partial charge in [0.15, 0.2) is 0 Å². The molecule has 0 heterocycles. The van der Waals surface area contributed by atoms with Gasteiger partial charge < -0.3 is 9.59 Å². The van der Waals surface area contributed by atoms with Gasteiger partial charge in [-0.2, -0.15) is 0 Å². The first kappa shape index (κ1) is 36.3. The Bertz CT molecular complexity index is 324. The first-order valence-corrected chi connectivity index (χ1v) is 28.6. The van der Waals surface area contributed by atoms with Gasteiger partial charge in [-0.05, 0) is 27.7 Å². The molecular formula is C17H40Ga2I2N2O4. The minimum atomic E-state index is -1.79. The van der Waals surface area contributed by atoms with Gasteiger partial charge in [0.25, 0.3) is 0 Å². The van der Waals surface area contributed by atoms with Crippen molar-refractivity contribution in [1.29, 1.82) is 0 Å². The fourth-order valence-corrected chi connectivity index (χ4v) is 7.50. The van der Waals surface area contributed by atoms with Crippen molar-refractivity contribution in [2.75, 3.05) is 6.61 Å². The number of ketones is 2. The standard InChI is InChI=1S/C7H15O.C4H9O.2C3H6O.2Ga.2HI.2H2N/c1-5(2)7(8)6(3)4;1-4(2)3-5;2*1-3(2)4;;;;;;/h5-7H,1-4H3;4H,3H2,1-2H3;2*1-2H3;;;2*1H;2*1H2/q2*-1;;;2*+3;;;2*-1/p-2. The second-order valence-corrected chi connectivity index (χ2v) is 24.3. The Hall–Kier alpha value is 1.91.